The Balaban J connectivity index is 1.98. The number of hydrogen-bond acceptors (Lipinski definition) is 2. The van der Waals surface area contributed by atoms with Crippen molar-refractivity contribution in [3.8, 4) is 0 Å². The van der Waals surface area contributed by atoms with Gasteiger partial charge in [-0.05, 0) is 51.4 Å². The highest BCUT2D eigenvalue weighted by molar-refractivity contribution is 5.85. The van der Waals surface area contributed by atoms with Gasteiger partial charge in [-0.25, -0.2) is 0 Å². The van der Waals surface area contributed by atoms with E-state index in [4.69, 9.17) is 5.21 Å². The molecule has 14 heavy (non-hydrogen) atoms. The van der Waals surface area contributed by atoms with Crippen molar-refractivity contribution in [2.75, 3.05) is 0 Å². The Morgan fingerprint density at radius 3 is 1.86 bits per heavy atom. The van der Waals surface area contributed by atoms with Gasteiger partial charge in [-0.3, -0.25) is 0 Å². The summed E-state index contributed by atoms with van der Waals surface area (Å²) in [5.74, 6) is 0. The van der Waals surface area contributed by atoms with Gasteiger partial charge in [0.1, 0.15) is 0 Å². The second kappa shape index (κ2) is 4.63. The van der Waals surface area contributed by atoms with Crippen molar-refractivity contribution in [2.24, 2.45) is 5.16 Å². The Morgan fingerprint density at radius 2 is 1.29 bits per heavy atom. The second-order valence-corrected chi connectivity index (χ2v) is 4.43. The van der Waals surface area contributed by atoms with Gasteiger partial charge in [-0.2, -0.15) is 0 Å². The Labute approximate surface area is 85.7 Å². The van der Waals surface area contributed by atoms with Crippen molar-refractivity contribution in [2.45, 2.75) is 57.8 Å². The minimum atomic E-state index is 0.981. The Morgan fingerprint density at radius 1 is 0.714 bits per heavy atom. The Bertz CT molecular complexity index is 245. The van der Waals surface area contributed by atoms with E-state index in [2.05, 4.69) is 5.16 Å². The van der Waals surface area contributed by atoms with Gasteiger partial charge < -0.3 is 5.21 Å². The first-order valence-corrected chi connectivity index (χ1v) is 5.79. The lowest BCUT2D eigenvalue weighted by Crippen LogP contribution is -2.10. The molecule has 0 atom stereocenters. The van der Waals surface area contributed by atoms with Crippen LogP contribution in [-0.4, -0.2) is 10.9 Å². The van der Waals surface area contributed by atoms with Crippen LogP contribution in [0.5, 0.6) is 0 Å². The van der Waals surface area contributed by atoms with Gasteiger partial charge in [-0.15, -0.1) is 0 Å². The van der Waals surface area contributed by atoms with Gasteiger partial charge in [0.05, 0.1) is 5.71 Å². The molecule has 2 heteroatoms. The van der Waals surface area contributed by atoms with E-state index in [1.807, 2.05) is 0 Å². The zero-order valence-electron chi connectivity index (χ0n) is 8.76. The summed E-state index contributed by atoms with van der Waals surface area (Å²) in [6, 6.07) is 0. The molecule has 2 rings (SSSR count). The SMILES string of the molecule is ON=C1CCC(=C2CCCCC2)CC1. The van der Waals surface area contributed by atoms with Crippen molar-refractivity contribution in [1.29, 1.82) is 0 Å². The maximum atomic E-state index is 8.66. The number of rotatable bonds is 0. The minimum Gasteiger partial charge on any atom is -0.411 e. The summed E-state index contributed by atoms with van der Waals surface area (Å²) in [4.78, 5) is 0. The lowest BCUT2D eigenvalue weighted by Gasteiger charge is -2.22. The highest BCUT2D eigenvalue weighted by Crippen LogP contribution is 2.32. The fourth-order valence-electron chi connectivity index (χ4n) is 2.63. The van der Waals surface area contributed by atoms with E-state index in [0.29, 0.717) is 0 Å². The van der Waals surface area contributed by atoms with Gasteiger partial charge in [-0.1, -0.05) is 22.7 Å². The van der Waals surface area contributed by atoms with Crippen molar-refractivity contribution >= 4 is 5.71 Å². The molecule has 0 aromatic carbocycles. The molecular weight excluding hydrogens is 174 g/mol. The highest BCUT2D eigenvalue weighted by Gasteiger charge is 2.16. The molecule has 0 spiro atoms. The van der Waals surface area contributed by atoms with Crippen molar-refractivity contribution in [3.63, 3.8) is 0 Å². The number of allylic oxidation sites excluding steroid dienone is 2. The zero-order chi connectivity index (χ0) is 9.80. The molecule has 2 aliphatic rings. The van der Waals surface area contributed by atoms with E-state index in [1.165, 1.54) is 32.1 Å². The van der Waals surface area contributed by atoms with Crippen LogP contribution in [0, 0.1) is 0 Å². The normalized spacial score (nSPS) is 23.9. The van der Waals surface area contributed by atoms with E-state index in [9.17, 15) is 0 Å². The molecule has 0 amide bonds. The lowest BCUT2D eigenvalue weighted by molar-refractivity contribution is 0.315. The molecule has 0 aliphatic heterocycles. The van der Waals surface area contributed by atoms with Gasteiger partial charge in [0, 0.05) is 0 Å². The molecule has 78 valence electrons. The summed E-state index contributed by atoms with van der Waals surface area (Å²) in [5, 5.41) is 12.0. The summed E-state index contributed by atoms with van der Waals surface area (Å²) in [6.45, 7) is 0. The van der Waals surface area contributed by atoms with Crippen LogP contribution in [-0.2, 0) is 0 Å². The van der Waals surface area contributed by atoms with Crippen LogP contribution in [0.3, 0.4) is 0 Å². The molecule has 2 aliphatic carbocycles. The van der Waals surface area contributed by atoms with Crippen LogP contribution in [0.2, 0.25) is 0 Å². The molecule has 0 aromatic heterocycles. The molecule has 0 heterocycles. The van der Waals surface area contributed by atoms with Crippen LogP contribution in [0.1, 0.15) is 57.8 Å². The minimum absolute atomic E-state index is 0.981. The Hall–Kier alpha value is -0.790. The molecule has 0 bridgehead atoms. The molecule has 0 saturated heterocycles. The maximum Gasteiger partial charge on any atom is 0.0577 e. The van der Waals surface area contributed by atoms with Crippen molar-refractivity contribution in [1.82, 2.24) is 0 Å². The molecule has 0 unspecified atom stereocenters. The molecule has 2 fully saturated rings. The summed E-state index contributed by atoms with van der Waals surface area (Å²) < 4.78 is 0. The van der Waals surface area contributed by atoms with Crippen LogP contribution in [0.4, 0.5) is 0 Å². The fraction of sp³-hybridized carbons (Fsp3) is 0.750. The third-order valence-corrected chi connectivity index (χ3v) is 3.53. The quantitative estimate of drug-likeness (QED) is 0.355. The number of nitrogens with zero attached hydrogens (tertiary/aromatic N) is 1. The van der Waals surface area contributed by atoms with Gasteiger partial charge in [0.2, 0.25) is 0 Å². The molecule has 0 aromatic rings. The summed E-state index contributed by atoms with van der Waals surface area (Å²) >= 11 is 0. The highest BCUT2D eigenvalue weighted by atomic mass is 16.4. The van der Waals surface area contributed by atoms with E-state index in [0.717, 1.165) is 31.4 Å². The van der Waals surface area contributed by atoms with E-state index in [1.54, 1.807) is 11.1 Å². The van der Waals surface area contributed by atoms with E-state index < -0.39 is 0 Å². The topological polar surface area (TPSA) is 32.6 Å². The standard InChI is InChI=1S/C12H19NO/c14-13-12-8-6-11(7-9-12)10-4-2-1-3-5-10/h14H,1-9H2. The third kappa shape index (κ3) is 2.17. The average Bonchev–Trinajstić information content (AvgIpc) is 2.30. The average molecular weight is 193 g/mol. The van der Waals surface area contributed by atoms with Gasteiger partial charge >= 0.3 is 0 Å². The van der Waals surface area contributed by atoms with Gasteiger partial charge in [0.25, 0.3) is 0 Å². The largest absolute Gasteiger partial charge is 0.411 e. The summed E-state index contributed by atoms with van der Waals surface area (Å²) in [7, 11) is 0. The number of hydrogen-bond donors (Lipinski definition) is 1. The van der Waals surface area contributed by atoms with E-state index >= 15 is 0 Å². The van der Waals surface area contributed by atoms with Crippen LogP contribution >= 0.6 is 0 Å². The van der Waals surface area contributed by atoms with Crippen LogP contribution in [0.15, 0.2) is 16.3 Å². The first kappa shape index (κ1) is 9.75. The zero-order valence-corrected chi connectivity index (χ0v) is 8.76. The third-order valence-electron chi connectivity index (χ3n) is 3.53. The first-order valence-electron chi connectivity index (χ1n) is 5.79. The monoisotopic (exact) mass is 193 g/mol. The predicted octanol–water partition coefficient (Wildman–Crippen LogP) is 3.65. The maximum absolute atomic E-state index is 8.66. The predicted molar refractivity (Wildman–Crippen MR) is 57.8 cm³/mol. The molecule has 2 saturated carbocycles. The summed E-state index contributed by atoms with van der Waals surface area (Å²) in [5.41, 5.74) is 4.40. The second-order valence-electron chi connectivity index (χ2n) is 4.43. The molecule has 2 nitrogen and oxygen atoms in total. The molecule has 0 radical (unpaired) electrons. The molecule has 1 N–H and O–H groups in total. The van der Waals surface area contributed by atoms with Crippen molar-refractivity contribution in [3.05, 3.63) is 11.1 Å². The smallest absolute Gasteiger partial charge is 0.0577 e. The summed E-state index contributed by atoms with van der Waals surface area (Å²) in [6.07, 6.45) is 11.1. The first-order chi connectivity index (χ1) is 6.90. The van der Waals surface area contributed by atoms with Crippen molar-refractivity contribution < 1.29 is 5.21 Å². The van der Waals surface area contributed by atoms with Gasteiger partial charge in [0.15, 0.2) is 0 Å². The lowest BCUT2D eigenvalue weighted by atomic mass is 9.84. The molecular formula is C12H19NO. The van der Waals surface area contributed by atoms with Crippen LogP contribution in [0.25, 0.3) is 0 Å². The van der Waals surface area contributed by atoms with Crippen LogP contribution < -0.4 is 0 Å². The number of oxime groups is 1. The Kier molecular flexibility index (Phi) is 3.22. The fourth-order valence-corrected chi connectivity index (χ4v) is 2.63. The van der Waals surface area contributed by atoms with E-state index in [-0.39, 0.29) is 0 Å².